The fourth-order valence-corrected chi connectivity index (χ4v) is 2.70. The summed E-state index contributed by atoms with van der Waals surface area (Å²) in [6, 6.07) is 0. The highest BCUT2D eigenvalue weighted by Crippen LogP contribution is 2.37. The third-order valence-electron chi connectivity index (χ3n) is 2.65. The van der Waals surface area contributed by atoms with Gasteiger partial charge in [0.05, 0.1) is 6.42 Å². The number of H-pyrrole nitrogens is 1. The van der Waals surface area contributed by atoms with Gasteiger partial charge in [0.2, 0.25) is 0 Å². The first-order valence-corrected chi connectivity index (χ1v) is 5.42. The lowest BCUT2D eigenvalue weighted by Gasteiger charge is -2.20. The molecule has 1 unspecified atom stereocenters. The minimum absolute atomic E-state index is 0.115. The molecule has 14 heavy (non-hydrogen) atoms. The monoisotopic (exact) mass is 258 g/mol. The normalized spacial score (nSPS) is 20.5. The summed E-state index contributed by atoms with van der Waals surface area (Å²) in [5, 5.41) is 15.8. The van der Waals surface area contributed by atoms with Crippen LogP contribution >= 0.6 is 15.9 Å². The van der Waals surface area contributed by atoms with E-state index in [1.807, 2.05) is 0 Å². The predicted molar refractivity (Wildman–Crippen MR) is 54.2 cm³/mol. The van der Waals surface area contributed by atoms with Crippen molar-refractivity contribution in [1.82, 2.24) is 10.2 Å². The number of hydrogen-bond donors (Lipinski definition) is 2. The maximum atomic E-state index is 10.7. The summed E-state index contributed by atoms with van der Waals surface area (Å²) in [5.74, 6) is -0.625. The molecule has 0 aromatic carbocycles. The van der Waals surface area contributed by atoms with E-state index < -0.39 is 5.97 Å². The molecule has 0 aliphatic heterocycles. The lowest BCUT2D eigenvalue weighted by atomic mass is 9.85. The van der Waals surface area contributed by atoms with Crippen LogP contribution in [-0.2, 0) is 11.2 Å². The Balaban J connectivity index is 2.29. The molecule has 5 heteroatoms. The van der Waals surface area contributed by atoms with Crippen molar-refractivity contribution in [3.8, 4) is 0 Å². The number of carbonyl (C=O) groups is 1. The van der Waals surface area contributed by atoms with Gasteiger partial charge in [-0.05, 0) is 41.1 Å². The number of nitrogens with one attached hydrogen (secondary N) is 1. The number of rotatable bonds is 2. The van der Waals surface area contributed by atoms with Gasteiger partial charge in [0.15, 0.2) is 0 Å². The quantitative estimate of drug-likeness (QED) is 0.854. The summed E-state index contributed by atoms with van der Waals surface area (Å²) in [4.78, 5) is 10.7. The molecule has 76 valence electrons. The van der Waals surface area contributed by atoms with Gasteiger partial charge in [-0.25, -0.2) is 0 Å². The number of nitrogens with zero attached hydrogens (tertiary/aromatic N) is 1. The van der Waals surface area contributed by atoms with Gasteiger partial charge in [0.25, 0.3) is 0 Å². The van der Waals surface area contributed by atoms with Gasteiger partial charge in [0, 0.05) is 11.3 Å². The van der Waals surface area contributed by atoms with Crippen LogP contribution in [0.4, 0.5) is 0 Å². The van der Waals surface area contributed by atoms with Crippen molar-refractivity contribution in [2.24, 2.45) is 0 Å². The van der Waals surface area contributed by atoms with Crippen molar-refractivity contribution in [3.63, 3.8) is 0 Å². The summed E-state index contributed by atoms with van der Waals surface area (Å²) in [7, 11) is 0. The fourth-order valence-electron chi connectivity index (χ4n) is 2.05. The first-order valence-electron chi connectivity index (χ1n) is 4.63. The number of halogens is 1. The molecule has 0 radical (unpaired) electrons. The third kappa shape index (κ3) is 1.68. The third-order valence-corrected chi connectivity index (χ3v) is 3.25. The Kier molecular flexibility index (Phi) is 2.58. The van der Waals surface area contributed by atoms with Crippen LogP contribution in [0.3, 0.4) is 0 Å². The Morgan fingerprint density at radius 3 is 3.21 bits per heavy atom. The van der Waals surface area contributed by atoms with Crippen LogP contribution in [0.1, 0.15) is 36.4 Å². The molecule has 4 nitrogen and oxygen atoms in total. The van der Waals surface area contributed by atoms with Gasteiger partial charge in [-0.15, -0.1) is 0 Å². The van der Waals surface area contributed by atoms with Crippen molar-refractivity contribution >= 4 is 21.9 Å². The van der Waals surface area contributed by atoms with Gasteiger partial charge >= 0.3 is 5.97 Å². The summed E-state index contributed by atoms with van der Waals surface area (Å²) in [6.45, 7) is 0. The summed E-state index contributed by atoms with van der Waals surface area (Å²) >= 11 is 3.35. The molecule has 1 aliphatic carbocycles. The zero-order valence-corrected chi connectivity index (χ0v) is 9.17. The molecule has 0 fully saturated rings. The molecule has 0 saturated carbocycles. The molecule has 2 rings (SSSR count). The molecule has 1 heterocycles. The summed E-state index contributed by atoms with van der Waals surface area (Å²) < 4.78 is 0.776. The van der Waals surface area contributed by atoms with Crippen molar-refractivity contribution < 1.29 is 9.90 Å². The average molecular weight is 259 g/mol. The Bertz CT molecular complexity index is 362. The van der Waals surface area contributed by atoms with E-state index >= 15 is 0 Å². The van der Waals surface area contributed by atoms with Gasteiger partial charge < -0.3 is 5.11 Å². The highest BCUT2D eigenvalue weighted by atomic mass is 79.9. The van der Waals surface area contributed by atoms with E-state index in [2.05, 4.69) is 26.1 Å². The summed E-state index contributed by atoms with van der Waals surface area (Å²) in [5.41, 5.74) is 2.16. The highest BCUT2D eigenvalue weighted by molar-refractivity contribution is 9.10. The molecule has 0 saturated heterocycles. The summed E-state index contributed by atoms with van der Waals surface area (Å²) in [6.07, 6.45) is 3.16. The lowest BCUT2D eigenvalue weighted by Crippen LogP contribution is -2.12. The van der Waals surface area contributed by atoms with Crippen LogP contribution in [0.15, 0.2) is 4.60 Å². The number of carboxylic acid groups (broad SMARTS) is 1. The van der Waals surface area contributed by atoms with Crippen LogP contribution in [0.25, 0.3) is 0 Å². The van der Waals surface area contributed by atoms with Crippen molar-refractivity contribution in [2.75, 3.05) is 0 Å². The number of aromatic nitrogens is 2. The lowest BCUT2D eigenvalue weighted by molar-refractivity contribution is -0.137. The Morgan fingerprint density at radius 1 is 1.71 bits per heavy atom. The molecular weight excluding hydrogens is 248 g/mol. The fraction of sp³-hybridized carbons (Fsp3) is 0.556. The number of carboxylic acids is 1. The largest absolute Gasteiger partial charge is 0.481 e. The molecule has 1 atom stereocenters. The van der Waals surface area contributed by atoms with E-state index in [0.29, 0.717) is 0 Å². The SMILES string of the molecule is O=C(O)CC1CCCc2[nH]nc(Br)c21. The molecule has 1 aliphatic rings. The van der Waals surface area contributed by atoms with Crippen molar-refractivity contribution in [2.45, 2.75) is 31.6 Å². The van der Waals surface area contributed by atoms with Crippen molar-refractivity contribution in [3.05, 3.63) is 15.9 Å². The first-order chi connectivity index (χ1) is 6.68. The predicted octanol–water partition coefficient (Wildman–Crippen LogP) is 2.07. The number of aryl methyl sites for hydroxylation is 1. The number of hydrogen-bond acceptors (Lipinski definition) is 2. The first kappa shape index (κ1) is 9.71. The van der Waals surface area contributed by atoms with E-state index in [9.17, 15) is 4.79 Å². The van der Waals surface area contributed by atoms with Crippen LogP contribution in [-0.4, -0.2) is 21.3 Å². The second-order valence-electron chi connectivity index (χ2n) is 3.59. The maximum Gasteiger partial charge on any atom is 0.303 e. The smallest absolute Gasteiger partial charge is 0.303 e. The zero-order valence-electron chi connectivity index (χ0n) is 7.59. The van der Waals surface area contributed by atoms with E-state index in [4.69, 9.17) is 5.11 Å². The molecular formula is C9H11BrN2O2. The minimum atomic E-state index is -0.740. The number of aliphatic carboxylic acids is 1. The van der Waals surface area contributed by atoms with Crippen LogP contribution < -0.4 is 0 Å². The molecule has 0 bridgehead atoms. The number of aromatic amines is 1. The van der Waals surface area contributed by atoms with E-state index in [1.54, 1.807) is 0 Å². The Morgan fingerprint density at radius 2 is 2.50 bits per heavy atom. The molecule has 0 amide bonds. The highest BCUT2D eigenvalue weighted by Gasteiger charge is 2.26. The van der Waals surface area contributed by atoms with Crippen molar-refractivity contribution in [1.29, 1.82) is 0 Å². The molecule has 1 aromatic rings. The van der Waals surface area contributed by atoms with E-state index in [1.165, 1.54) is 0 Å². The Hall–Kier alpha value is -0.840. The van der Waals surface area contributed by atoms with Crippen LogP contribution in [0.2, 0.25) is 0 Å². The minimum Gasteiger partial charge on any atom is -0.481 e. The maximum absolute atomic E-state index is 10.7. The van der Waals surface area contributed by atoms with Gasteiger partial charge in [0.1, 0.15) is 4.60 Å². The average Bonchev–Trinajstić information content (AvgIpc) is 2.48. The number of fused-ring (bicyclic) bond motifs is 1. The Labute approximate surface area is 89.8 Å². The standard InChI is InChI=1S/C9H11BrN2O2/c10-9-8-5(4-7(13)14)2-1-3-6(8)11-12-9/h5H,1-4H2,(H,11,12)(H,13,14). The molecule has 0 spiro atoms. The second kappa shape index (κ2) is 3.73. The molecule has 1 aromatic heterocycles. The second-order valence-corrected chi connectivity index (χ2v) is 4.34. The van der Waals surface area contributed by atoms with E-state index in [0.717, 1.165) is 35.1 Å². The van der Waals surface area contributed by atoms with Gasteiger partial charge in [-0.3, -0.25) is 9.89 Å². The van der Waals surface area contributed by atoms with Gasteiger partial charge in [-0.2, -0.15) is 5.10 Å². The zero-order chi connectivity index (χ0) is 10.1. The van der Waals surface area contributed by atoms with Crippen LogP contribution in [0.5, 0.6) is 0 Å². The van der Waals surface area contributed by atoms with Gasteiger partial charge in [-0.1, -0.05) is 0 Å². The van der Waals surface area contributed by atoms with Crippen LogP contribution in [0, 0.1) is 0 Å². The molecule has 2 N–H and O–H groups in total. The topological polar surface area (TPSA) is 66.0 Å². The van der Waals surface area contributed by atoms with E-state index in [-0.39, 0.29) is 12.3 Å².